The van der Waals surface area contributed by atoms with Gasteiger partial charge in [0, 0.05) is 19.1 Å². The summed E-state index contributed by atoms with van der Waals surface area (Å²) in [6, 6.07) is 5.24. The first-order chi connectivity index (χ1) is 8.11. The van der Waals surface area contributed by atoms with Gasteiger partial charge in [0.2, 0.25) is 0 Å². The largest absolute Gasteiger partial charge is 0.329 e. The van der Waals surface area contributed by atoms with Crippen LogP contribution in [0.15, 0.2) is 18.2 Å². The summed E-state index contributed by atoms with van der Waals surface area (Å²) in [7, 11) is 0. The minimum atomic E-state index is -0.170. The zero-order valence-corrected chi connectivity index (χ0v) is 10.6. The van der Waals surface area contributed by atoms with Gasteiger partial charge in [-0.3, -0.25) is 4.90 Å². The summed E-state index contributed by atoms with van der Waals surface area (Å²) in [5.74, 6) is 0.571. The summed E-state index contributed by atoms with van der Waals surface area (Å²) in [4.78, 5) is 2.42. The second kappa shape index (κ2) is 5.15. The van der Waals surface area contributed by atoms with E-state index in [2.05, 4.69) is 11.8 Å². The number of aryl methyl sites for hydroxylation is 1. The van der Waals surface area contributed by atoms with Crippen LogP contribution in [0.25, 0.3) is 0 Å². The molecule has 1 aromatic rings. The Morgan fingerprint density at radius 2 is 2.29 bits per heavy atom. The lowest BCUT2D eigenvalue weighted by Crippen LogP contribution is -2.32. The van der Waals surface area contributed by atoms with Crippen molar-refractivity contribution in [2.75, 3.05) is 19.6 Å². The van der Waals surface area contributed by atoms with E-state index in [1.807, 2.05) is 13.0 Å². The van der Waals surface area contributed by atoms with Gasteiger partial charge in [0.05, 0.1) is 0 Å². The molecule has 1 aliphatic rings. The van der Waals surface area contributed by atoms with Crippen molar-refractivity contribution in [2.45, 2.75) is 26.3 Å². The number of nitrogens with two attached hydrogens (primary N) is 1. The zero-order valence-electron chi connectivity index (χ0n) is 10.6. The summed E-state index contributed by atoms with van der Waals surface area (Å²) in [6.45, 7) is 7.02. The maximum absolute atomic E-state index is 13.1. The second-order valence-electron chi connectivity index (χ2n) is 5.14. The maximum atomic E-state index is 13.1. The highest BCUT2D eigenvalue weighted by atomic mass is 19.1. The Morgan fingerprint density at radius 1 is 1.53 bits per heavy atom. The van der Waals surface area contributed by atoms with E-state index in [1.165, 1.54) is 18.1 Å². The molecule has 2 N–H and O–H groups in total. The third kappa shape index (κ3) is 2.67. The summed E-state index contributed by atoms with van der Waals surface area (Å²) >= 11 is 0. The molecule has 1 heterocycles. The van der Waals surface area contributed by atoms with Crippen LogP contribution in [0.1, 0.15) is 30.5 Å². The Labute approximate surface area is 103 Å². The molecule has 2 rings (SSSR count). The Bertz CT molecular complexity index is 392. The number of rotatable bonds is 3. The molecule has 0 radical (unpaired) electrons. The molecule has 0 spiro atoms. The van der Waals surface area contributed by atoms with Crippen molar-refractivity contribution in [1.82, 2.24) is 4.90 Å². The van der Waals surface area contributed by atoms with Crippen molar-refractivity contribution >= 4 is 0 Å². The quantitative estimate of drug-likeness (QED) is 0.873. The van der Waals surface area contributed by atoms with Crippen LogP contribution in [0.5, 0.6) is 0 Å². The van der Waals surface area contributed by atoms with Crippen LogP contribution < -0.4 is 5.73 Å². The van der Waals surface area contributed by atoms with Crippen LogP contribution in [0.2, 0.25) is 0 Å². The zero-order chi connectivity index (χ0) is 12.4. The molecule has 0 amide bonds. The molecule has 1 saturated heterocycles. The molecule has 2 unspecified atom stereocenters. The molecule has 2 atom stereocenters. The monoisotopic (exact) mass is 236 g/mol. The van der Waals surface area contributed by atoms with Crippen LogP contribution in [0.4, 0.5) is 4.39 Å². The Kier molecular flexibility index (Phi) is 3.79. The number of hydrogen-bond donors (Lipinski definition) is 1. The summed E-state index contributed by atoms with van der Waals surface area (Å²) in [5, 5.41) is 0. The van der Waals surface area contributed by atoms with Crippen molar-refractivity contribution in [2.24, 2.45) is 11.7 Å². The molecular weight excluding hydrogens is 215 g/mol. The van der Waals surface area contributed by atoms with Gasteiger partial charge in [-0.1, -0.05) is 13.0 Å². The molecule has 1 aliphatic heterocycles. The summed E-state index contributed by atoms with van der Waals surface area (Å²) in [5.41, 5.74) is 8.07. The van der Waals surface area contributed by atoms with E-state index in [9.17, 15) is 4.39 Å². The summed E-state index contributed by atoms with van der Waals surface area (Å²) < 4.78 is 13.1. The van der Waals surface area contributed by atoms with Gasteiger partial charge in [0.1, 0.15) is 5.82 Å². The molecule has 94 valence electrons. The fourth-order valence-corrected chi connectivity index (χ4v) is 2.74. The molecule has 0 bridgehead atoms. The molecular formula is C14H21FN2. The van der Waals surface area contributed by atoms with E-state index < -0.39 is 0 Å². The SMILES string of the molecule is Cc1cc(F)ccc1C(CN)N1CCC(C)C1. The van der Waals surface area contributed by atoms with Crippen LogP contribution in [0, 0.1) is 18.7 Å². The number of halogens is 1. The van der Waals surface area contributed by atoms with E-state index in [0.29, 0.717) is 6.54 Å². The first-order valence-corrected chi connectivity index (χ1v) is 6.32. The lowest BCUT2D eigenvalue weighted by molar-refractivity contribution is 0.243. The van der Waals surface area contributed by atoms with E-state index in [1.54, 1.807) is 6.07 Å². The third-order valence-corrected chi connectivity index (χ3v) is 3.71. The number of nitrogens with zero attached hydrogens (tertiary/aromatic N) is 1. The van der Waals surface area contributed by atoms with Gasteiger partial charge in [-0.05, 0) is 49.1 Å². The highest BCUT2D eigenvalue weighted by Crippen LogP contribution is 2.28. The number of benzene rings is 1. The average Bonchev–Trinajstić information content (AvgIpc) is 2.69. The topological polar surface area (TPSA) is 29.3 Å². The fourth-order valence-electron chi connectivity index (χ4n) is 2.74. The third-order valence-electron chi connectivity index (χ3n) is 3.71. The second-order valence-corrected chi connectivity index (χ2v) is 5.14. The molecule has 1 fully saturated rings. The number of likely N-dealkylation sites (tertiary alicyclic amines) is 1. The highest BCUT2D eigenvalue weighted by Gasteiger charge is 2.26. The van der Waals surface area contributed by atoms with Crippen LogP contribution in [0.3, 0.4) is 0 Å². The predicted octanol–water partition coefficient (Wildman–Crippen LogP) is 2.48. The van der Waals surface area contributed by atoms with Gasteiger partial charge in [-0.2, -0.15) is 0 Å². The van der Waals surface area contributed by atoms with E-state index in [0.717, 1.165) is 24.6 Å². The minimum absolute atomic E-state index is 0.170. The van der Waals surface area contributed by atoms with E-state index in [-0.39, 0.29) is 11.9 Å². The first kappa shape index (κ1) is 12.5. The van der Waals surface area contributed by atoms with Crippen LogP contribution in [-0.4, -0.2) is 24.5 Å². The lowest BCUT2D eigenvalue weighted by Gasteiger charge is -2.28. The van der Waals surface area contributed by atoms with Gasteiger partial charge < -0.3 is 5.73 Å². The van der Waals surface area contributed by atoms with Crippen LogP contribution in [-0.2, 0) is 0 Å². The Balaban J connectivity index is 2.23. The van der Waals surface area contributed by atoms with Crippen molar-refractivity contribution in [1.29, 1.82) is 0 Å². The maximum Gasteiger partial charge on any atom is 0.123 e. The molecule has 0 aliphatic carbocycles. The van der Waals surface area contributed by atoms with E-state index in [4.69, 9.17) is 5.73 Å². The average molecular weight is 236 g/mol. The van der Waals surface area contributed by atoms with Gasteiger partial charge in [-0.15, -0.1) is 0 Å². The van der Waals surface area contributed by atoms with Crippen molar-refractivity contribution in [3.05, 3.63) is 35.1 Å². The first-order valence-electron chi connectivity index (χ1n) is 6.32. The van der Waals surface area contributed by atoms with Gasteiger partial charge in [0.25, 0.3) is 0 Å². The molecule has 1 aromatic carbocycles. The van der Waals surface area contributed by atoms with Crippen LogP contribution >= 0.6 is 0 Å². The fraction of sp³-hybridized carbons (Fsp3) is 0.571. The standard InChI is InChI=1S/C14H21FN2/c1-10-5-6-17(9-10)14(8-16)13-4-3-12(15)7-11(13)2/h3-4,7,10,14H,5-6,8-9,16H2,1-2H3. The molecule has 17 heavy (non-hydrogen) atoms. The lowest BCUT2D eigenvalue weighted by atomic mass is 10.00. The minimum Gasteiger partial charge on any atom is -0.329 e. The van der Waals surface area contributed by atoms with E-state index >= 15 is 0 Å². The van der Waals surface area contributed by atoms with Gasteiger partial charge in [0.15, 0.2) is 0 Å². The highest BCUT2D eigenvalue weighted by molar-refractivity contribution is 5.30. The smallest absolute Gasteiger partial charge is 0.123 e. The normalized spacial score (nSPS) is 22.9. The van der Waals surface area contributed by atoms with Crippen molar-refractivity contribution < 1.29 is 4.39 Å². The van der Waals surface area contributed by atoms with Gasteiger partial charge in [-0.25, -0.2) is 4.39 Å². The molecule has 3 heteroatoms. The number of hydrogen-bond acceptors (Lipinski definition) is 2. The molecule has 0 saturated carbocycles. The molecule has 0 aromatic heterocycles. The summed E-state index contributed by atoms with van der Waals surface area (Å²) in [6.07, 6.45) is 1.23. The molecule has 2 nitrogen and oxygen atoms in total. The van der Waals surface area contributed by atoms with Crippen molar-refractivity contribution in [3.8, 4) is 0 Å². The van der Waals surface area contributed by atoms with Crippen molar-refractivity contribution in [3.63, 3.8) is 0 Å². The Hall–Kier alpha value is -0.930. The predicted molar refractivity (Wildman–Crippen MR) is 68.3 cm³/mol. The Morgan fingerprint density at radius 3 is 2.82 bits per heavy atom. The van der Waals surface area contributed by atoms with Gasteiger partial charge >= 0.3 is 0 Å².